The third kappa shape index (κ3) is 42.1. The highest BCUT2D eigenvalue weighted by atomic mass is 31.2. The molecule has 0 saturated heterocycles. The van der Waals surface area contributed by atoms with Crippen LogP contribution in [-0.2, 0) is 27.9 Å². The predicted octanol–water partition coefficient (Wildman–Crippen LogP) is 12.8. The lowest BCUT2D eigenvalue weighted by Gasteiger charge is -2.28. The number of phosphoric acid groups is 1. The van der Waals surface area contributed by atoms with Gasteiger partial charge in [-0.3, -0.25) is 9.36 Å². The van der Waals surface area contributed by atoms with Gasteiger partial charge in [0.15, 0.2) is 6.10 Å². The van der Waals surface area contributed by atoms with Gasteiger partial charge in [0.2, 0.25) is 0 Å². The molecule has 2 atom stereocenters. The smallest absolute Gasteiger partial charge is 0.306 e. The van der Waals surface area contributed by atoms with Crippen molar-refractivity contribution in [3.05, 3.63) is 12.3 Å². The molecule has 0 heterocycles. The fraction of sp³-hybridized carbons (Fsp3) is 0.932. The van der Waals surface area contributed by atoms with Crippen molar-refractivity contribution in [3.8, 4) is 0 Å². The standard InChI is InChI=1S/C44H88NO7P/c1-6-8-10-12-14-16-18-20-22-23-24-25-27-29-31-33-35-37-44(46)52-43(42-51-53(47,48)50-40-38-45(3,4)5)41-49-39-36-34-32-30-28-26-21-19-17-15-13-11-9-7-2/h36,39,43H,6-35,37-38,40-42H2,1-5H3/b39-36-/t43-/m1/s1. The molecular formula is C44H88NO7P. The Morgan fingerprint density at radius 2 is 0.981 bits per heavy atom. The Kier molecular flexibility index (Phi) is 37.3. The van der Waals surface area contributed by atoms with Crippen LogP contribution in [0.3, 0.4) is 0 Å². The second-order valence-corrected chi connectivity index (χ2v) is 17.9. The van der Waals surface area contributed by atoms with E-state index in [0.717, 1.165) is 32.1 Å². The number of esters is 1. The summed E-state index contributed by atoms with van der Waals surface area (Å²) in [5.74, 6) is -0.352. The largest absolute Gasteiger partial charge is 0.756 e. The van der Waals surface area contributed by atoms with Crippen molar-refractivity contribution in [1.82, 2.24) is 0 Å². The van der Waals surface area contributed by atoms with E-state index in [1.165, 1.54) is 161 Å². The monoisotopic (exact) mass is 774 g/mol. The van der Waals surface area contributed by atoms with E-state index in [-0.39, 0.29) is 25.8 Å². The van der Waals surface area contributed by atoms with Crippen molar-refractivity contribution < 1.29 is 37.3 Å². The number of unbranched alkanes of at least 4 members (excludes halogenated alkanes) is 28. The van der Waals surface area contributed by atoms with Gasteiger partial charge < -0.3 is 27.9 Å². The molecule has 0 aromatic rings. The van der Waals surface area contributed by atoms with Crippen LogP contribution in [0.5, 0.6) is 0 Å². The number of carbonyl (C=O) groups is 1. The molecule has 0 amide bonds. The van der Waals surface area contributed by atoms with Gasteiger partial charge in [0.1, 0.15) is 19.8 Å². The molecular weight excluding hydrogens is 685 g/mol. The first-order chi connectivity index (χ1) is 25.6. The Bertz CT molecular complexity index is 863. The van der Waals surface area contributed by atoms with E-state index in [4.69, 9.17) is 18.5 Å². The highest BCUT2D eigenvalue weighted by Gasteiger charge is 2.20. The molecule has 9 heteroatoms. The Balaban J connectivity index is 4.23. The first-order valence-electron chi connectivity index (χ1n) is 22.5. The van der Waals surface area contributed by atoms with Gasteiger partial charge in [0, 0.05) is 6.42 Å². The molecule has 0 fully saturated rings. The van der Waals surface area contributed by atoms with Crippen molar-refractivity contribution in [3.63, 3.8) is 0 Å². The van der Waals surface area contributed by atoms with Crippen molar-refractivity contribution in [2.45, 2.75) is 219 Å². The van der Waals surface area contributed by atoms with Crippen molar-refractivity contribution in [2.75, 3.05) is 47.5 Å². The molecule has 0 rings (SSSR count). The van der Waals surface area contributed by atoms with Gasteiger partial charge in [-0.05, 0) is 25.3 Å². The Labute approximate surface area is 329 Å². The molecule has 0 aliphatic heterocycles. The van der Waals surface area contributed by atoms with Gasteiger partial charge in [-0.25, -0.2) is 0 Å². The molecule has 8 nitrogen and oxygen atoms in total. The van der Waals surface area contributed by atoms with Crippen molar-refractivity contribution in [2.24, 2.45) is 0 Å². The highest BCUT2D eigenvalue weighted by Crippen LogP contribution is 2.38. The number of nitrogens with zero attached hydrogens (tertiary/aromatic N) is 1. The number of allylic oxidation sites excluding steroid dienone is 1. The van der Waals surface area contributed by atoms with Crippen LogP contribution in [0.25, 0.3) is 0 Å². The van der Waals surface area contributed by atoms with Crippen LogP contribution in [0, 0.1) is 0 Å². The summed E-state index contributed by atoms with van der Waals surface area (Å²) in [5, 5.41) is 0. The van der Waals surface area contributed by atoms with Gasteiger partial charge in [-0.2, -0.15) is 0 Å². The van der Waals surface area contributed by atoms with E-state index in [2.05, 4.69) is 13.8 Å². The second kappa shape index (κ2) is 38.0. The highest BCUT2D eigenvalue weighted by molar-refractivity contribution is 7.45. The number of carbonyl (C=O) groups excluding carboxylic acids is 1. The second-order valence-electron chi connectivity index (χ2n) is 16.5. The third-order valence-electron chi connectivity index (χ3n) is 9.91. The zero-order valence-corrected chi connectivity index (χ0v) is 36.6. The SMILES string of the molecule is CCCCCCCCCCCCCC/C=C\OC[C@H](COP(=O)([O-])OCC[N+](C)(C)C)OC(=O)CCCCCCCCCCCCCCCCCCC. The maximum Gasteiger partial charge on any atom is 0.306 e. The Morgan fingerprint density at radius 3 is 1.40 bits per heavy atom. The molecule has 0 N–H and O–H groups in total. The lowest BCUT2D eigenvalue weighted by molar-refractivity contribution is -0.870. The summed E-state index contributed by atoms with van der Waals surface area (Å²) < 4.78 is 34.3. The van der Waals surface area contributed by atoms with E-state index in [1.54, 1.807) is 6.26 Å². The van der Waals surface area contributed by atoms with Crippen LogP contribution in [0.1, 0.15) is 213 Å². The van der Waals surface area contributed by atoms with Crippen LogP contribution >= 0.6 is 7.82 Å². The first-order valence-corrected chi connectivity index (χ1v) is 23.9. The molecule has 0 aromatic carbocycles. The van der Waals surface area contributed by atoms with Crippen LogP contribution in [0.2, 0.25) is 0 Å². The molecule has 316 valence electrons. The van der Waals surface area contributed by atoms with Crippen LogP contribution in [0.4, 0.5) is 0 Å². The number of likely N-dealkylation sites (N-methyl/N-ethyl adjacent to an activating group) is 1. The fourth-order valence-corrected chi connectivity index (χ4v) is 7.12. The molecule has 53 heavy (non-hydrogen) atoms. The number of hydrogen-bond acceptors (Lipinski definition) is 7. The number of rotatable bonds is 42. The van der Waals surface area contributed by atoms with E-state index >= 15 is 0 Å². The van der Waals surface area contributed by atoms with Gasteiger partial charge in [-0.15, -0.1) is 0 Å². The number of phosphoric ester groups is 1. The average molecular weight is 774 g/mol. The molecule has 0 aliphatic rings. The normalized spacial score (nSPS) is 13.8. The molecule has 0 spiro atoms. The van der Waals surface area contributed by atoms with Gasteiger partial charge in [-0.1, -0.05) is 187 Å². The van der Waals surface area contributed by atoms with E-state index in [9.17, 15) is 14.3 Å². The lowest BCUT2D eigenvalue weighted by Crippen LogP contribution is -2.37. The summed E-state index contributed by atoms with van der Waals surface area (Å²) in [4.78, 5) is 25.0. The molecule has 1 unspecified atom stereocenters. The average Bonchev–Trinajstić information content (AvgIpc) is 3.11. The summed E-state index contributed by atoms with van der Waals surface area (Å²) in [5.41, 5.74) is 0. The van der Waals surface area contributed by atoms with E-state index < -0.39 is 13.9 Å². The zero-order chi connectivity index (χ0) is 39.1. The minimum absolute atomic E-state index is 0.0202. The first kappa shape index (κ1) is 52.1. The maximum absolute atomic E-state index is 12.7. The summed E-state index contributed by atoms with van der Waals surface area (Å²) in [6.45, 7) is 4.77. The summed E-state index contributed by atoms with van der Waals surface area (Å²) in [6, 6.07) is 0. The van der Waals surface area contributed by atoms with Gasteiger partial charge in [0.25, 0.3) is 7.82 Å². The van der Waals surface area contributed by atoms with E-state index in [0.29, 0.717) is 17.4 Å². The minimum atomic E-state index is -4.53. The predicted molar refractivity (Wildman–Crippen MR) is 222 cm³/mol. The zero-order valence-electron chi connectivity index (χ0n) is 35.7. The number of hydrogen-bond donors (Lipinski definition) is 0. The number of quaternary nitrogens is 1. The Hall–Kier alpha value is -0.920. The Morgan fingerprint density at radius 1 is 0.585 bits per heavy atom. The van der Waals surface area contributed by atoms with Crippen LogP contribution in [-0.4, -0.2) is 64.1 Å². The molecule has 0 radical (unpaired) electrons. The summed E-state index contributed by atoms with van der Waals surface area (Å²) in [7, 11) is 1.34. The van der Waals surface area contributed by atoms with Gasteiger partial charge >= 0.3 is 5.97 Å². The summed E-state index contributed by atoms with van der Waals surface area (Å²) >= 11 is 0. The van der Waals surface area contributed by atoms with Crippen LogP contribution in [0.15, 0.2) is 12.3 Å². The van der Waals surface area contributed by atoms with E-state index in [1.807, 2.05) is 27.2 Å². The maximum atomic E-state index is 12.7. The molecule has 0 aromatic heterocycles. The molecule has 0 aliphatic carbocycles. The number of ether oxygens (including phenoxy) is 2. The topological polar surface area (TPSA) is 94.1 Å². The molecule has 0 saturated carbocycles. The van der Waals surface area contributed by atoms with Crippen LogP contribution < -0.4 is 4.89 Å². The lowest BCUT2D eigenvalue weighted by atomic mass is 10.0. The quantitative estimate of drug-likeness (QED) is 0.0200. The fourth-order valence-electron chi connectivity index (χ4n) is 6.40. The van der Waals surface area contributed by atoms with Crippen molar-refractivity contribution >= 4 is 13.8 Å². The minimum Gasteiger partial charge on any atom is -0.756 e. The van der Waals surface area contributed by atoms with Gasteiger partial charge in [0.05, 0.1) is 34.0 Å². The third-order valence-corrected chi connectivity index (χ3v) is 10.9. The van der Waals surface area contributed by atoms with Crippen molar-refractivity contribution in [1.29, 1.82) is 0 Å². The summed E-state index contributed by atoms with van der Waals surface area (Å²) in [6.07, 6.45) is 41.7. The molecule has 0 bridgehead atoms.